The standard InChI is InChI=1S/C15H9ClO3/c16-11-7-9(5-6-12(11)17)8-14-15(18)10-3-1-2-4-13(10)19-14/h1-8,17H. The fraction of sp³-hybridized carbons (Fsp3) is 0. The zero-order chi connectivity index (χ0) is 13.4. The number of hydrogen-bond donors (Lipinski definition) is 1. The third kappa shape index (κ3) is 2.09. The van der Waals surface area contributed by atoms with Crippen molar-refractivity contribution in [3.63, 3.8) is 0 Å². The largest absolute Gasteiger partial charge is 0.506 e. The topological polar surface area (TPSA) is 46.5 Å². The van der Waals surface area contributed by atoms with Crippen LogP contribution in [-0.4, -0.2) is 10.9 Å². The van der Waals surface area contributed by atoms with Crippen molar-refractivity contribution in [2.45, 2.75) is 0 Å². The molecule has 0 fully saturated rings. The molecule has 1 aliphatic rings. The third-order valence-electron chi connectivity index (χ3n) is 2.84. The molecule has 0 saturated heterocycles. The van der Waals surface area contributed by atoms with E-state index in [0.29, 0.717) is 16.9 Å². The van der Waals surface area contributed by atoms with Crippen molar-refractivity contribution < 1.29 is 14.6 Å². The number of para-hydroxylation sites is 1. The van der Waals surface area contributed by atoms with Gasteiger partial charge in [0, 0.05) is 0 Å². The van der Waals surface area contributed by atoms with Gasteiger partial charge in [-0.3, -0.25) is 4.79 Å². The summed E-state index contributed by atoms with van der Waals surface area (Å²) in [5, 5.41) is 9.58. The highest BCUT2D eigenvalue weighted by molar-refractivity contribution is 6.32. The van der Waals surface area contributed by atoms with Gasteiger partial charge in [-0.05, 0) is 35.9 Å². The molecular formula is C15H9ClO3. The quantitative estimate of drug-likeness (QED) is 0.806. The molecule has 0 aromatic heterocycles. The summed E-state index contributed by atoms with van der Waals surface area (Å²) < 4.78 is 5.50. The van der Waals surface area contributed by atoms with E-state index in [0.717, 1.165) is 0 Å². The fourth-order valence-electron chi connectivity index (χ4n) is 1.90. The molecule has 3 rings (SSSR count). The molecule has 1 aliphatic heterocycles. The lowest BCUT2D eigenvalue weighted by Crippen LogP contribution is -1.97. The summed E-state index contributed by atoms with van der Waals surface area (Å²) in [5.74, 6) is 0.664. The molecule has 0 amide bonds. The maximum absolute atomic E-state index is 12.1. The lowest BCUT2D eigenvalue weighted by molar-refractivity contribution is 0.101. The molecule has 0 spiro atoms. The van der Waals surface area contributed by atoms with Gasteiger partial charge in [0.05, 0.1) is 10.6 Å². The van der Waals surface area contributed by atoms with E-state index in [-0.39, 0.29) is 22.3 Å². The second-order valence-corrected chi connectivity index (χ2v) is 4.55. The highest BCUT2D eigenvalue weighted by atomic mass is 35.5. The number of phenolic OH excluding ortho intramolecular Hbond substituents is 1. The molecule has 0 saturated carbocycles. The first kappa shape index (κ1) is 11.8. The normalized spacial score (nSPS) is 15.4. The van der Waals surface area contributed by atoms with Gasteiger partial charge in [-0.2, -0.15) is 0 Å². The van der Waals surface area contributed by atoms with Crippen molar-refractivity contribution in [2.75, 3.05) is 0 Å². The zero-order valence-corrected chi connectivity index (χ0v) is 10.5. The van der Waals surface area contributed by atoms with E-state index in [1.54, 1.807) is 36.4 Å². The molecule has 2 aromatic rings. The molecule has 94 valence electrons. The lowest BCUT2D eigenvalue weighted by atomic mass is 10.1. The van der Waals surface area contributed by atoms with Gasteiger partial charge in [-0.1, -0.05) is 29.8 Å². The number of fused-ring (bicyclic) bond motifs is 1. The first-order valence-electron chi connectivity index (χ1n) is 5.67. The van der Waals surface area contributed by atoms with Crippen molar-refractivity contribution in [1.82, 2.24) is 0 Å². The van der Waals surface area contributed by atoms with Crippen LogP contribution in [0.15, 0.2) is 48.2 Å². The molecule has 0 bridgehead atoms. The number of phenols is 1. The number of carbonyl (C=O) groups is 1. The molecule has 3 nitrogen and oxygen atoms in total. The number of halogens is 1. The molecule has 2 aromatic carbocycles. The van der Waals surface area contributed by atoms with Crippen molar-refractivity contribution in [3.05, 3.63) is 64.4 Å². The molecular weight excluding hydrogens is 264 g/mol. The Labute approximate surface area is 114 Å². The number of allylic oxidation sites excluding steroid dienone is 1. The van der Waals surface area contributed by atoms with Crippen LogP contribution in [0.1, 0.15) is 15.9 Å². The van der Waals surface area contributed by atoms with Crippen LogP contribution >= 0.6 is 11.6 Å². The van der Waals surface area contributed by atoms with E-state index in [2.05, 4.69) is 0 Å². The average molecular weight is 273 g/mol. The minimum absolute atomic E-state index is 0.00534. The summed E-state index contributed by atoms with van der Waals surface area (Å²) in [6.07, 6.45) is 1.60. The lowest BCUT2D eigenvalue weighted by Gasteiger charge is -2.00. The van der Waals surface area contributed by atoms with Gasteiger partial charge in [-0.25, -0.2) is 0 Å². The summed E-state index contributed by atoms with van der Waals surface area (Å²) in [5.41, 5.74) is 1.25. The first-order valence-corrected chi connectivity index (χ1v) is 6.05. The predicted molar refractivity (Wildman–Crippen MR) is 72.5 cm³/mol. The molecule has 0 unspecified atom stereocenters. The van der Waals surface area contributed by atoms with Crippen LogP contribution in [0.5, 0.6) is 11.5 Å². The molecule has 4 heteroatoms. The Kier molecular flexibility index (Phi) is 2.76. The van der Waals surface area contributed by atoms with Gasteiger partial charge in [0.25, 0.3) is 0 Å². The Bertz CT molecular complexity index is 704. The SMILES string of the molecule is O=C1C(=Cc2ccc(O)c(Cl)c2)Oc2ccccc21. The molecule has 1 N–H and O–H groups in total. The van der Waals surface area contributed by atoms with Crippen LogP contribution in [0, 0.1) is 0 Å². The van der Waals surface area contributed by atoms with Crippen LogP contribution in [0.4, 0.5) is 0 Å². The summed E-state index contributed by atoms with van der Waals surface area (Å²) in [7, 11) is 0. The zero-order valence-electron chi connectivity index (χ0n) is 9.76. The molecule has 0 aliphatic carbocycles. The second-order valence-electron chi connectivity index (χ2n) is 4.15. The van der Waals surface area contributed by atoms with Crippen molar-refractivity contribution >= 4 is 23.5 Å². The molecule has 0 atom stereocenters. The van der Waals surface area contributed by atoms with Crippen LogP contribution in [0.2, 0.25) is 5.02 Å². The van der Waals surface area contributed by atoms with E-state index in [9.17, 15) is 9.90 Å². The number of ether oxygens (including phenoxy) is 1. The maximum Gasteiger partial charge on any atom is 0.231 e. The van der Waals surface area contributed by atoms with E-state index in [1.807, 2.05) is 6.07 Å². The van der Waals surface area contributed by atoms with Gasteiger partial charge in [-0.15, -0.1) is 0 Å². The fourth-order valence-corrected chi connectivity index (χ4v) is 2.09. The van der Waals surface area contributed by atoms with Gasteiger partial charge in [0.15, 0.2) is 5.76 Å². The van der Waals surface area contributed by atoms with Crippen LogP contribution in [-0.2, 0) is 0 Å². The Morgan fingerprint density at radius 3 is 2.68 bits per heavy atom. The predicted octanol–water partition coefficient (Wildman–Crippen LogP) is 3.66. The van der Waals surface area contributed by atoms with Crippen molar-refractivity contribution in [2.24, 2.45) is 0 Å². The Balaban J connectivity index is 1.98. The third-order valence-corrected chi connectivity index (χ3v) is 3.15. The average Bonchev–Trinajstić information content (AvgIpc) is 2.72. The van der Waals surface area contributed by atoms with Gasteiger partial charge in [0.2, 0.25) is 5.78 Å². The number of carbonyl (C=O) groups excluding carboxylic acids is 1. The van der Waals surface area contributed by atoms with Crippen molar-refractivity contribution in [1.29, 1.82) is 0 Å². The Morgan fingerprint density at radius 2 is 1.95 bits per heavy atom. The van der Waals surface area contributed by atoms with E-state index < -0.39 is 0 Å². The van der Waals surface area contributed by atoms with Gasteiger partial charge >= 0.3 is 0 Å². The number of rotatable bonds is 1. The number of Topliss-reactive ketones (excluding diaryl/α,β-unsaturated/α-hetero) is 1. The Hall–Kier alpha value is -2.26. The molecule has 19 heavy (non-hydrogen) atoms. The minimum Gasteiger partial charge on any atom is -0.506 e. The monoisotopic (exact) mass is 272 g/mol. The number of aromatic hydroxyl groups is 1. The summed E-state index contributed by atoms with van der Waals surface area (Å²) in [6, 6.07) is 11.8. The molecule has 0 radical (unpaired) electrons. The molecule has 1 heterocycles. The summed E-state index contributed by atoms with van der Waals surface area (Å²) >= 11 is 5.82. The van der Waals surface area contributed by atoms with Crippen LogP contribution in [0.3, 0.4) is 0 Å². The number of benzene rings is 2. The van der Waals surface area contributed by atoms with Crippen LogP contribution < -0.4 is 4.74 Å². The highest BCUT2D eigenvalue weighted by Crippen LogP contribution is 2.32. The summed E-state index contributed by atoms with van der Waals surface area (Å²) in [6.45, 7) is 0. The highest BCUT2D eigenvalue weighted by Gasteiger charge is 2.26. The number of hydrogen-bond acceptors (Lipinski definition) is 3. The minimum atomic E-state index is -0.153. The Morgan fingerprint density at radius 1 is 1.16 bits per heavy atom. The van der Waals surface area contributed by atoms with E-state index in [1.165, 1.54) is 6.07 Å². The van der Waals surface area contributed by atoms with Crippen molar-refractivity contribution in [3.8, 4) is 11.5 Å². The van der Waals surface area contributed by atoms with E-state index in [4.69, 9.17) is 16.3 Å². The van der Waals surface area contributed by atoms with Crippen LogP contribution in [0.25, 0.3) is 6.08 Å². The summed E-state index contributed by atoms with van der Waals surface area (Å²) in [4.78, 5) is 12.1. The van der Waals surface area contributed by atoms with Gasteiger partial charge < -0.3 is 9.84 Å². The second kappa shape index (κ2) is 4.44. The van der Waals surface area contributed by atoms with E-state index >= 15 is 0 Å². The maximum atomic E-state index is 12.1. The first-order chi connectivity index (χ1) is 9.15. The van der Waals surface area contributed by atoms with Gasteiger partial charge in [0.1, 0.15) is 11.5 Å². The smallest absolute Gasteiger partial charge is 0.231 e. The number of ketones is 1.